The minimum atomic E-state index is -0.286. The topological polar surface area (TPSA) is 107 Å². The van der Waals surface area contributed by atoms with Crippen LogP contribution < -0.4 is 10.6 Å². The highest BCUT2D eigenvalue weighted by Crippen LogP contribution is 2.34. The zero-order valence-electron chi connectivity index (χ0n) is 20.3. The van der Waals surface area contributed by atoms with Gasteiger partial charge in [-0.2, -0.15) is 5.10 Å². The third kappa shape index (κ3) is 4.90. The highest BCUT2D eigenvalue weighted by Gasteiger charge is 2.23. The van der Waals surface area contributed by atoms with Crippen LogP contribution in [0.5, 0.6) is 0 Å². The van der Waals surface area contributed by atoms with Crippen LogP contribution in [-0.2, 0) is 17.8 Å². The summed E-state index contributed by atoms with van der Waals surface area (Å²) >= 11 is 0. The molecule has 35 heavy (non-hydrogen) atoms. The van der Waals surface area contributed by atoms with E-state index >= 15 is 0 Å². The molecule has 1 amide bonds. The van der Waals surface area contributed by atoms with E-state index in [-0.39, 0.29) is 17.6 Å². The van der Waals surface area contributed by atoms with Gasteiger partial charge in [-0.3, -0.25) is 4.79 Å². The fourth-order valence-corrected chi connectivity index (χ4v) is 4.57. The van der Waals surface area contributed by atoms with Crippen LogP contribution in [0.1, 0.15) is 46.9 Å². The molecule has 2 N–H and O–H groups in total. The highest BCUT2D eigenvalue weighted by molar-refractivity contribution is 5.97. The molecule has 9 heteroatoms. The fourth-order valence-electron chi connectivity index (χ4n) is 4.57. The SMILES string of the molecule is CCn1ncc2c(NC3CCOCC3)c(-c3nc(C(=O)NCc4cc(C)cc(C)c4)co3)cnc21. The number of aromatic nitrogens is 4. The van der Waals surface area contributed by atoms with E-state index in [0.717, 1.165) is 66.0 Å². The minimum absolute atomic E-state index is 0.228. The number of amides is 1. The lowest BCUT2D eigenvalue weighted by molar-refractivity contribution is 0.0904. The molecule has 0 radical (unpaired) electrons. The summed E-state index contributed by atoms with van der Waals surface area (Å²) in [6.45, 7) is 8.70. The smallest absolute Gasteiger partial charge is 0.273 e. The number of anilines is 1. The summed E-state index contributed by atoms with van der Waals surface area (Å²) in [4.78, 5) is 21.9. The predicted octanol–water partition coefficient (Wildman–Crippen LogP) is 4.24. The van der Waals surface area contributed by atoms with Crippen molar-refractivity contribution in [1.82, 2.24) is 25.1 Å². The van der Waals surface area contributed by atoms with Gasteiger partial charge in [-0.1, -0.05) is 29.3 Å². The first-order chi connectivity index (χ1) is 17.0. The molecule has 0 saturated carbocycles. The van der Waals surface area contributed by atoms with E-state index < -0.39 is 0 Å². The van der Waals surface area contributed by atoms with Crippen molar-refractivity contribution >= 4 is 22.6 Å². The summed E-state index contributed by atoms with van der Waals surface area (Å²) in [5.41, 5.74) is 5.96. The summed E-state index contributed by atoms with van der Waals surface area (Å²) in [6.07, 6.45) is 6.76. The number of hydrogen-bond donors (Lipinski definition) is 2. The Hall–Kier alpha value is -3.72. The van der Waals surface area contributed by atoms with Gasteiger partial charge in [0.05, 0.1) is 22.8 Å². The number of rotatable bonds is 7. The number of fused-ring (bicyclic) bond motifs is 1. The molecule has 1 aliphatic heterocycles. The Kier molecular flexibility index (Phi) is 6.50. The molecular formula is C26H30N6O3. The molecule has 0 aliphatic carbocycles. The van der Waals surface area contributed by atoms with E-state index in [4.69, 9.17) is 9.15 Å². The minimum Gasteiger partial charge on any atom is -0.443 e. The normalized spacial score (nSPS) is 14.4. The molecule has 1 saturated heterocycles. The van der Waals surface area contributed by atoms with Gasteiger partial charge in [-0.05, 0) is 39.2 Å². The van der Waals surface area contributed by atoms with Crippen molar-refractivity contribution in [2.75, 3.05) is 18.5 Å². The lowest BCUT2D eigenvalue weighted by Gasteiger charge is -2.25. The summed E-state index contributed by atoms with van der Waals surface area (Å²) in [5, 5.41) is 12.0. The van der Waals surface area contributed by atoms with Crippen LogP contribution in [0.15, 0.2) is 41.3 Å². The van der Waals surface area contributed by atoms with Crippen LogP contribution in [-0.4, -0.2) is 44.9 Å². The molecular weight excluding hydrogens is 444 g/mol. The molecule has 9 nitrogen and oxygen atoms in total. The van der Waals surface area contributed by atoms with Crippen molar-refractivity contribution in [3.63, 3.8) is 0 Å². The molecule has 0 bridgehead atoms. The monoisotopic (exact) mass is 474 g/mol. The van der Waals surface area contributed by atoms with Gasteiger partial charge in [0, 0.05) is 38.5 Å². The van der Waals surface area contributed by atoms with E-state index in [1.54, 1.807) is 6.20 Å². The van der Waals surface area contributed by atoms with Crippen LogP contribution in [0.2, 0.25) is 0 Å². The Morgan fingerprint density at radius 1 is 1.14 bits per heavy atom. The summed E-state index contributed by atoms with van der Waals surface area (Å²) in [5.74, 6) is 0.0562. The van der Waals surface area contributed by atoms with E-state index in [1.807, 2.05) is 31.6 Å². The number of nitrogens with zero attached hydrogens (tertiary/aromatic N) is 4. The van der Waals surface area contributed by atoms with Gasteiger partial charge >= 0.3 is 0 Å². The molecule has 0 atom stereocenters. The maximum atomic E-state index is 12.8. The highest BCUT2D eigenvalue weighted by atomic mass is 16.5. The van der Waals surface area contributed by atoms with Crippen LogP contribution in [0.3, 0.4) is 0 Å². The number of oxazole rings is 1. The molecule has 3 aromatic heterocycles. The van der Waals surface area contributed by atoms with E-state index in [2.05, 4.69) is 43.9 Å². The van der Waals surface area contributed by atoms with Gasteiger partial charge in [0.15, 0.2) is 11.3 Å². The van der Waals surface area contributed by atoms with Gasteiger partial charge in [-0.15, -0.1) is 0 Å². The van der Waals surface area contributed by atoms with Crippen molar-refractivity contribution in [3.05, 3.63) is 59.2 Å². The summed E-state index contributed by atoms with van der Waals surface area (Å²) in [7, 11) is 0. The first kappa shape index (κ1) is 23.0. The Labute approximate surface area is 203 Å². The second-order valence-electron chi connectivity index (χ2n) is 8.99. The second kappa shape index (κ2) is 9.87. The first-order valence-electron chi connectivity index (χ1n) is 12.0. The predicted molar refractivity (Wildman–Crippen MR) is 133 cm³/mol. The Bertz CT molecular complexity index is 1330. The number of ether oxygens (including phenoxy) is 1. The molecule has 1 aliphatic rings. The molecule has 0 unspecified atom stereocenters. The van der Waals surface area contributed by atoms with E-state index in [0.29, 0.717) is 18.0 Å². The Morgan fingerprint density at radius 2 is 1.91 bits per heavy atom. The van der Waals surface area contributed by atoms with Crippen LogP contribution in [0, 0.1) is 13.8 Å². The molecule has 182 valence electrons. The number of pyridine rings is 1. The van der Waals surface area contributed by atoms with Gasteiger partial charge in [0.2, 0.25) is 5.89 Å². The molecule has 4 aromatic rings. The zero-order valence-corrected chi connectivity index (χ0v) is 20.3. The van der Waals surface area contributed by atoms with Crippen molar-refractivity contribution in [2.24, 2.45) is 0 Å². The average Bonchev–Trinajstić information content (AvgIpc) is 3.50. The molecule has 1 fully saturated rings. The van der Waals surface area contributed by atoms with Crippen molar-refractivity contribution in [1.29, 1.82) is 0 Å². The number of aryl methyl sites for hydroxylation is 3. The van der Waals surface area contributed by atoms with Gasteiger partial charge in [0.1, 0.15) is 6.26 Å². The Morgan fingerprint density at radius 3 is 2.66 bits per heavy atom. The third-order valence-corrected chi connectivity index (χ3v) is 6.24. The average molecular weight is 475 g/mol. The molecule has 0 spiro atoms. The second-order valence-corrected chi connectivity index (χ2v) is 8.99. The number of hydrogen-bond acceptors (Lipinski definition) is 7. The number of carbonyl (C=O) groups is 1. The number of carbonyl (C=O) groups excluding carboxylic acids is 1. The fraction of sp³-hybridized carbons (Fsp3) is 0.385. The van der Waals surface area contributed by atoms with Gasteiger partial charge in [0.25, 0.3) is 5.91 Å². The molecule has 5 rings (SSSR count). The maximum absolute atomic E-state index is 12.8. The summed E-state index contributed by atoms with van der Waals surface area (Å²) < 4.78 is 13.1. The van der Waals surface area contributed by atoms with Gasteiger partial charge < -0.3 is 19.8 Å². The number of nitrogens with one attached hydrogen (secondary N) is 2. The molecule has 1 aromatic carbocycles. The standard InChI is InChI=1S/C26H30N6O3/c1-4-32-24-20(14-29-32)23(30-19-5-7-34-8-6-19)21(13-27-24)26-31-22(15-35-26)25(33)28-12-18-10-16(2)9-17(3)11-18/h9-11,13-15,19H,4-8,12H2,1-3H3,(H,27,30)(H,28,33). The third-order valence-electron chi connectivity index (χ3n) is 6.24. The van der Waals surface area contributed by atoms with Crippen molar-refractivity contribution in [2.45, 2.75) is 52.7 Å². The van der Waals surface area contributed by atoms with Crippen LogP contribution in [0.25, 0.3) is 22.5 Å². The maximum Gasteiger partial charge on any atom is 0.273 e. The van der Waals surface area contributed by atoms with Crippen LogP contribution >= 0.6 is 0 Å². The summed E-state index contributed by atoms with van der Waals surface area (Å²) in [6, 6.07) is 6.49. The van der Waals surface area contributed by atoms with E-state index in [9.17, 15) is 4.79 Å². The van der Waals surface area contributed by atoms with Crippen LogP contribution in [0.4, 0.5) is 5.69 Å². The largest absolute Gasteiger partial charge is 0.443 e. The molecule has 4 heterocycles. The lowest BCUT2D eigenvalue weighted by Crippen LogP contribution is -2.28. The lowest BCUT2D eigenvalue weighted by atomic mass is 10.1. The zero-order chi connectivity index (χ0) is 24.4. The van der Waals surface area contributed by atoms with Crippen molar-refractivity contribution in [3.8, 4) is 11.5 Å². The van der Waals surface area contributed by atoms with Gasteiger partial charge in [-0.25, -0.2) is 14.6 Å². The number of benzene rings is 1. The quantitative estimate of drug-likeness (QED) is 0.412. The van der Waals surface area contributed by atoms with Crippen molar-refractivity contribution < 1.29 is 13.9 Å². The van der Waals surface area contributed by atoms with E-state index in [1.165, 1.54) is 6.26 Å². The Balaban J connectivity index is 1.41. The first-order valence-corrected chi connectivity index (χ1v) is 12.0.